The summed E-state index contributed by atoms with van der Waals surface area (Å²) in [5, 5.41) is 9.21. The van der Waals surface area contributed by atoms with Crippen LogP contribution in [0.25, 0.3) is 0 Å². The van der Waals surface area contributed by atoms with Gasteiger partial charge in [0.2, 0.25) is 0 Å². The monoisotopic (exact) mass is 193 g/mol. The van der Waals surface area contributed by atoms with Crippen molar-refractivity contribution in [3.05, 3.63) is 18.0 Å². The normalized spacial score (nSPS) is 15.4. The molecule has 1 saturated carbocycles. The first-order valence-electron chi connectivity index (χ1n) is 5.13. The molecule has 0 atom stereocenters. The zero-order chi connectivity index (χ0) is 9.80. The molecule has 0 bridgehead atoms. The number of aromatic amines is 1. The fraction of sp³-hybridized carbons (Fsp3) is 0.600. The summed E-state index contributed by atoms with van der Waals surface area (Å²) < 4.78 is 0. The van der Waals surface area contributed by atoms with E-state index in [2.05, 4.69) is 15.5 Å². The van der Waals surface area contributed by atoms with E-state index in [9.17, 15) is 4.79 Å². The topological polar surface area (TPSA) is 57.8 Å². The van der Waals surface area contributed by atoms with Crippen molar-refractivity contribution in [3.63, 3.8) is 0 Å². The van der Waals surface area contributed by atoms with Gasteiger partial charge in [-0.25, -0.2) is 0 Å². The summed E-state index contributed by atoms with van der Waals surface area (Å²) in [4.78, 5) is 11.4. The molecule has 4 nitrogen and oxygen atoms in total. The Hall–Kier alpha value is -1.32. The number of carbonyl (C=O) groups excluding carboxylic acids is 1. The average molecular weight is 193 g/mol. The number of rotatable bonds is 5. The zero-order valence-electron chi connectivity index (χ0n) is 8.12. The quantitative estimate of drug-likeness (QED) is 0.693. The highest BCUT2D eigenvalue weighted by Gasteiger charge is 2.20. The van der Waals surface area contributed by atoms with Gasteiger partial charge in [-0.2, -0.15) is 5.10 Å². The van der Waals surface area contributed by atoms with Gasteiger partial charge >= 0.3 is 0 Å². The number of aromatic nitrogens is 2. The summed E-state index contributed by atoms with van der Waals surface area (Å²) in [6, 6.07) is 0. The largest absolute Gasteiger partial charge is 0.352 e. The van der Waals surface area contributed by atoms with Gasteiger partial charge in [-0.3, -0.25) is 9.89 Å². The van der Waals surface area contributed by atoms with Gasteiger partial charge in [-0.05, 0) is 18.8 Å². The molecule has 1 heterocycles. The van der Waals surface area contributed by atoms with Crippen molar-refractivity contribution in [3.8, 4) is 0 Å². The van der Waals surface area contributed by atoms with Crippen LogP contribution in [-0.2, 0) is 0 Å². The third kappa shape index (κ3) is 2.58. The van der Waals surface area contributed by atoms with Gasteiger partial charge in [0.1, 0.15) is 0 Å². The minimum Gasteiger partial charge on any atom is -0.352 e. The fourth-order valence-corrected chi connectivity index (χ4v) is 1.48. The highest BCUT2D eigenvalue weighted by molar-refractivity contribution is 5.93. The fourth-order valence-electron chi connectivity index (χ4n) is 1.48. The molecule has 14 heavy (non-hydrogen) atoms. The number of hydrogen-bond acceptors (Lipinski definition) is 2. The number of amides is 1. The lowest BCUT2D eigenvalue weighted by Gasteiger charge is -2.01. The smallest absolute Gasteiger partial charge is 0.254 e. The molecule has 76 valence electrons. The third-order valence-corrected chi connectivity index (χ3v) is 2.53. The molecule has 0 aromatic carbocycles. The minimum absolute atomic E-state index is 0.0328. The van der Waals surface area contributed by atoms with E-state index in [0.29, 0.717) is 5.56 Å². The van der Waals surface area contributed by atoms with Crippen molar-refractivity contribution in [1.29, 1.82) is 0 Å². The summed E-state index contributed by atoms with van der Waals surface area (Å²) in [7, 11) is 0. The second-order valence-corrected chi connectivity index (χ2v) is 3.83. The lowest BCUT2D eigenvalue weighted by atomic mass is 10.2. The Labute approximate surface area is 83.1 Å². The number of H-pyrrole nitrogens is 1. The van der Waals surface area contributed by atoms with E-state index in [0.717, 1.165) is 18.9 Å². The van der Waals surface area contributed by atoms with Crippen LogP contribution in [0.5, 0.6) is 0 Å². The highest BCUT2D eigenvalue weighted by atomic mass is 16.1. The predicted octanol–water partition coefficient (Wildman–Crippen LogP) is 1.33. The van der Waals surface area contributed by atoms with Crippen LogP contribution in [-0.4, -0.2) is 22.6 Å². The van der Waals surface area contributed by atoms with Crippen LogP contribution >= 0.6 is 0 Å². The van der Waals surface area contributed by atoms with E-state index in [4.69, 9.17) is 0 Å². The van der Waals surface area contributed by atoms with Gasteiger partial charge in [-0.1, -0.05) is 12.8 Å². The lowest BCUT2D eigenvalue weighted by Crippen LogP contribution is -2.24. The molecule has 1 aromatic heterocycles. The average Bonchev–Trinajstić information content (AvgIpc) is 2.84. The number of nitrogens with one attached hydrogen (secondary N) is 2. The molecular formula is C10H15N3O. The Kier molecular flexibility index (Phi) is 2.81. The molecule has 0 saturated heterocycles. The van der Waals surface area contributed by atoms with Crippen molar-refractivity contribution < 1.29 is 4.79 Å². The Morgan fingerprint density at radius 2 is 2.50 bits per heavy atom. The van der Waals surface area contributed by atoms with Crippen LogP contribution < -0.4 is 5.32 Å². The standard InChI is InChI=1S/C10H15N3O/c14-10(9-6-12-13-7-9)11-5-1-2-8-3-4-8/h6-8H,1-5H2,(H,11,14)(H,12,13). The first-order valence-corrected chi connectivity index (χ1v) is 5.13. The van der Waals surface area contributed by atoms with Crippen LogP contribution in [0.3, 0.4) is 0 Å². The van der Waals surface area contributed by atoms with Crippen molar-refractivity contribution in [2.45, 2.75) is 25.7 Å². The lowest BCUT2D eigenvalue weighted by molar-refractivity contribution is 0.0953. The first-order chi connectivity index (χ1) is 6.86. The molecule has 2 rings (SSSR count). The summed E-state index contributed by atoms with van der Waals surface area (Å²) in [6.07, 6.45) is 8.26. The molecular weight excluding hydrogens is 178 g/mol. The summed E-state index contributed by atoms with van der Waals surface area (Å²) >= 11 is 0. The third-order valence-electron chi connectivity index (χ3n) is 2.53. The van der Waals surface area contributed by atoms with Crippen LogP contribution in [0.1, 0.15) is 36.0 Å². The molecule has 2 N–H and O–H groups in total. The predicted molar refractivity (Wildman–Crippen MR) is 52.9 cm³/mol. The molecule has 0 radical (unpaired) electrons. The molecule has 1 amide bonds. The van der Waals surface area contributed by atoms with Gasteiger partial charge in [-0.15, -0.1) is 0 Å². The first kappa shape index (κ1) is 9.24. The van der Waals surface area contributed by atoms with Crippen LogP contribution in [0.2, 0.25) is 0 Å². The molecule has 4 heteroatoms. The van der Waals surface area contributed by atoms with Crippen LogP contribution in [0.15, 0.2) is 12.4 Å². The van der Waals surface area contributed by atoms with Gasteiger partial charge in [0.25, 0.3) is 5.91 Å². The molecule has 1 aliphatic rings. The van der Waals surface area contributed by atoms with Crippen molar-refractivity contribution in [2.75, 3.05) is 6.54 Å². The SMILES string of the molecule is O=C(NCCCC1CC1)c1cn[nH]c1. The maximum Gasteiger partial charge on any atom is 0.254 e. The van der Waals surface area contributed by atoms with Gasteiger partial charge in [0, 0.05) is 12.7 Å². The van der Waals surface area contributed by atoms with E-state index in [1.165, 1.54) is 25.5 Å². The maximum absolute atomic E-state index is 11.4. The summed E-state index contributed by atoms with van der Waals surface area (Å²) in [5.41, 5.74) is 0.608. The van der Waals surface area contributed by atoms with Crippen molar-refractivity contribution in [1.82, 2.24) is 15.5 Å². The second kappa shape index (κ2) is 4.26. The molecule has 0 unspecified atom stereocenters. The van der Waals surface area contributed by atoms with Crippen LogP contribution in [0.4, 0.5) is 0 Å². The summed E-state index contributed by atoms with van der Waals surface area (Å²) in [6.45, 7) is 0.778. The van der Waals surface area contributed by atoms with E-state index < -0.39 is 0 Å². The maximum atomic E-state index is 11.4. The Balaban J connectivity index is 1.62. The molecule has 0 spiro atoms. The van der Waals surface area contributed by atoms with E-state index in [1.54, 1.807) is 6.20 Å². The Morgan fingerprint density at radius 1 is 1.64 bits per heavy atom. The molecule has 1 aromatic rings. The molecule has 0 aliphatic heterocycles. The van der Waals surface area contributed by atoms with Gasteiger partial charge in [0.15, 0.2) is 0 Å². The number of hydrogen-bond donors (Lipinski definition) is 2. The van der Waals surface area contributed by atoms with Crippen molar-refractivity contribution in [2.24, 2.45) is 5.92 Å². The van der Waals surface area contributed by atoms with E-state index >= 15 is 0 Å². The van der Waals surface area contributed by atoms with Crippen LogP contribution in [0, 0.1) is 5.92 Å². The number of carbonyl (C=O) groups is 1. The van der Waals surface area contributed by atoms with Crippen molar-refractivity contribution >= 4 is 5.91 Å². The van der Waals surface area contributed by atoms with Gasteiger partial charge < -0.3 is 5.32 Å². The minimum atomic E-state index is -0.0328. The van der Waals surface area contributed by atoms with Gasteiger partial charge in [0.05, 0.1) is 11.8 Å². The zero-order valence-corrected chi connectivity index (χ0v) is 8.12. The Morgan fingerprint density at radius 3 is 3.14 bits per heavy atom. The van der Waals surface area contributed by atoms with E-state index in [-0.39, 0.29) is 5.91 Å². The summed E-state index contributed by atoms with van der Waals surface area (Å²) in [5.74, 6) is 0.912. The Bertz CT molecular complexity index is 290. The van der Waals surface area contributed by atoms with E-state index in [1.807, 2.05) is 0 Å². The second-order valence-electron chi connectivity index (χ2n) is 3.83. The number of nitrogens with zero attached hydrogens (tertiary/aromatic N) is 1. The highest BCUT2D eigenvalue weighted by Crippen LogP contribution is 2.33. The molecule has 1 aliphatic carbocycles. The molecule has 1 fully saturated rings.